The molecule has 23 heavy (non-hydrogen) atoms. The van der Waals surface area contributed by atoms with Gasteiger partial charge >= 0.3 is 5.97 Å². The minimum Gasteiger partial charge on any atom is -0.497 e. The van der Waals surface area contributed by atoms with E-state index in [2.05, 4.69) is 4.98 Å². The van der Waals surface area contributed by atoms with Gasteiger partial charge in [0.25, 0.3) is 0 Å². The zero-order valence-corrected chi connectivity index (χ0v) is 14.1. The number of rotatable bonds is 5. The van der Waals surface area contributed by atoms with Gasteiger partial charge in [0.1, 0.15) is 17.1 Å². The van der Waals surface area contributed by atoms with Crippen LogP contribution in [-0.2, 0) is 0 Å². The van der Waals surface area contributed by atoms with Crippen molar-refractivity contribution in [1.29, 1.82) is 0 Å². The van der Waals surface area contributed by atoms with E-state index in [1.54, 1.807) is 26.1 Å². The van der Waals surface area contributed by atoms with Crippen molar-refractivity contribution in [3.05, 3.63) is 41.6 Å². The minimum absolute atomic E-state index is 0.202. The van der Waals surface area contributed by atoms with Crippen LogP contribution < -0.4 is 9.64 Å². The number of carboxylic acids is 1. The maximum atomic E-state index is 11.8. The van der Waals surface area contributed by atoms with Crippen molar-refractivity contribution < 1.29 is 14.6 Å². The molecular weight excluding hydrogens is 292 g/mol. The van der Waals surface area contributed by atoms with E-state index in [4.69, 9.17) is 4.74 Å². The Morgan fingerprint density at radius 3 is 2.26 bits per heavy atom. The van der Waals surface area contributed by atoms with E-state index < -0.39 is 5.97 Å². The van der Waals surface area contributed by atoms with Crippen molar-refractivity contribution in [2.24, 2.45) is 0 Å². The molecule has 0 amide bonds. The Labute approximate surface area is 136 Å². The molecule has 0 saturated heterocycles. The van der Waals surface area contributed by atoms with Crippen molar-refractivity contribution in [3.8, 4) is 16.9 Å². The normalized spacial score (nSPS) is 10.7. The summed E-state index contributed by atoms with van der Waals surface area (Å²) in [6.45, 7) is 4.08. The summed E-state index contributed by atoms with van der Waals surface area (Å²) >= 11 is 0. The first-order valence-corrected chi connectivity index (χ1v) is 7.45. The highest BCUT2D eigenvalue weighted by atomic mass is 16.5. The highest BCUT2D eigenvalue weighted by Crippen LogP contribution is 2.33. The Hall–Kier alpha value is -2.56. The molecule has 0 radical (unpaired) electrons. The molecule has 1 N–H and O–H groups in total. The summed E-state index contributed by atoms with van der Waals surface area (Å²) < 4.78 is 5.17. The van der Waals surface area contributed by atoms with Crippen LogP contribution in [0, 0.1) is 0 Å². The largest absolute Gasteiger partial charge is 0.497 e. The lowest BCUT2D eigenvalue weighted by atomic mass is 9.96. The van der Waals surface area contributed by atoms with E-state index in [0.29, 0.717) is 11.4 Å². The lowest BCUT2D eigenvalue weighted by Gasteiger charge is -2.20. The summed E-state index contributed by atoms with van der Waals surface area (Å²) in [5, 5.41) is 9.70. The number of aromatic nitrogens is 1. The van der Waals surface area contributed by atoms with Gasteiger partial charge in [-0.2, -0.15) is 0 Å². The summed E-state index contributed by atoms with van der Waals surface area (Å²) in [6.07, 6.45) is 0. The fraction of sp³-hybridized carbons (Fsp3) is 0.333. The van der Waals surface area contributed by atoms with Gasteiger partial charge in [-0.25, -0.2) is 9.78 Å². The molecule has 0 aliphatic heterocycles. The van der Waals surface area contributed by atoms with Gasteiger partial charge in [0, 0.05) is 25.4 Å². The zero-order chi connectivity index (χ0) is 17.1. The molecular formula is C18H22N2O3. The molecule has 0 bridgehead atoms. The van der Waals surface area contributed by atoms with E-state index in [0.717, 1.165) is 17.0 Å². The number of hydrogen-bond donors (Lipinski definition) is 1. The molecule has 5 nitrogen and oxygen atoms in total. The molecule has 0 saturated carbocycles. The van der Waals surface area contributed by atoms with Crippen LogP contribution in [0.25, 0.3) is 11.1 Å². The average Bonchev–Trinajstić information content (AvgIpc) is 2.53. The van der Waals surface area contributed by atoms with Crippen LogP contribution in [0.5, 0.6) is 5.75 Å². The second-order valence-electron chi connectivity index (χ2n) is 5.88. The van der Waals surface area contributed by atoms with Gasteiger partial charge in [0.2, 0.25) is 0 Å². The molecule has 0 aliphatic carbocycles. The molecule has 0 spiro atoms. The highest BCUT2D eigenvalue weighted by Gasteiger charge is 2.22. The van der Waals surface area contributed by atoms with Crippen LogP contribution in [0.1, 0.15) is 35.8 Å². The fourth-order valence-electron chi connectivity index (χ4n) is 2.38. The quantitative estimate of drug-likeness (QED) is 0.913. The third kappa shape index (κ3) is 3.44. The first kappa shape index (κ1) is 16.8. The van der Waals surface area contributed by atoms with Crippen molar-refractivity contribution in [1.82, 2.24) is 4.98 Å². The summed E-state index contributed by atoms with van der Waals surface area (Å²) in [6, 6.07) is 9.24. The summed E-state index contributed by atoms with van der Waals surface area (Å²) in [7, 11) is 5.21. The number of carbonyl (C=O) groups is 1. The molecule has 122 valence electrons. The van der Waals surface area contributed by atoms with Crippen LogP contribution in [-0.4, -0.2) is 37.3 Å². The van der Waals surface area contributed by atoms with Crippen LogP contribution in [0.15, 0.2) is 30.3 Å². The van der Waals surface area contributed by atoms with Crippen molar-refractivity contribution >= 4 is 11.8 Å². The van der Waals surface area contributed by atoms with Gasteiger partial charge in [-0.05, 0) is 29.7 Å². The summed E-state index contributed by atoms with van der Waals surface area (Å²) in [4.78, 5) is 18.1. The maximum absolute atomic E-state index is 11.8. The van der Waals surface area contributed by atoms with Gasteiger partial charge < -0.3 is 14.7 Å². The Kier molecular flexibility index (Phi) is 4.89. The van der Waals surface area contributed by atoms with Gasteiger partial charge in [-0.3, -0.25) is 0 Å². The van der Waals surface area contributed by atoms with Crippen LogP contribution in [0.4, 0.5) is 5.82 Å². The number of pyridine rings is 1. The Bertz CT molecular complexity index is 707. The van der Waals surface area contributed by atoms with Crippen molar-refractivity contribution in [2.45, 2.75) is 19.8 Å². The number of anilines is 1. The number of benzene rings is 1. The lowest BCUT2D eigenvalue weighted by molar-refractivity contribution is 0.0698. The standard InChI is InChI=1S/C18H22N2O3/c1-11(2)15-10-14(12-6-8-13(23-5)9-7-12)16(18(21)22)17(19-15)20(3)4/h6-11H,1-5H3,(H,21,22). The van der Waals surface area contributed by atoms with E-state index in [1.807, 2.05) is 44.2 Å². The number of ether oxygens (including phenoxy) is 1. The third-order valence-corrected chi connectivity index (χ3v) is 3.65. The van der Waals surface area contributed by atoms with Crippen LogP contribution in [0.3, 0.4) is 0 Å². The predicted molar refractivity (Wildman–Crippen MR) is 91.6 cm³/mol. The number of methoxy groups -OCH3 is 1. The molecule has 1 aromatic heterocycles. The lowest BCUT2D eigenvalue weighted by Crippen LogP contribution is -2.18. The van der Waals surface area contributed by atoms with E-state index in [9.17, 15) is 9.90 Å². The zero-order valence-electron chi connectivity index (χ0n) is 14.1. The molecule has 2 rings (SSSR count). The highest BCUT2D eigenvalue weighted by molar-refractivity contribution is 6.01. The first-order chi connectivity index (χ1) is 10.8. The topological polar surface area (TPSA) is 62.7 Å². The molecule has 0 fully saturated rings. The Morgan fingerprint density at radius 2 is 1.83 bits per heavy atom. The number of hydrogen-bond acceptors (Lipinski definition) is 4. The monoisotopic (exact) mass is 314 g/mol. The molecule has 2 aromatic rings. The van der Waals surface area contributed by atoms with E-state index in [1.165, 1.54) is 0 Å². The second-order valence-corrected chi connectivity index (χ2v) is 5.88. The molecule has 1 heterocycles. The molecule has 1 aromatic carbocycles. The summed E-state index contributed by atoms with van der Waals surface area (Å²) in [5.74, 6) is 0.419. The van der Waals surface area contributed by atoms with Gasteiger partial charge in [-0.1, -0.05) is 26.0 Å². The van der Waals surface area contributed by atoms with Gasteiger partial charge in [-0.15, -0.1) is 0 Å². The van der Waals surface area contributed by atoms with Crippen LogP contribution >= 0.6 is 0 Å². The predicted octanol–water partition coefficient (Wildman–Crippen LogP) is 3.64. The Balaban J connectivity index is 2.74. The van der Waals surface area contributed by atoms with E-state index in [-0.39, 0.29) is 11.5 Å². The molecule has 0 atom stereocenters. The minimum atomic E-state index is -0.984. The number of aromatic carboxylic acids is 1. The number of nitrogens with zero attached hydrogens (tertiary/aromatic N) is 2. The third-order valence-electron chi connectivity index (χ3n) is 3.65. The van der Waals surface area contributed by atoms with E-state index >= 15 is 0 Å². The first-order valence-electron chi connectivity index (χ1n) is 7.45. The SMILES string of the molecule is COc1ccc(-c2cc(C(C)C)nc(N(C)C)c2C(=O)O)cc1. The summed E-state index contributed by atoms with van der Waals surface area (Å²) in [5.41, 5.74) is 2.58. The second kappa shape index (κ2) is 6.69. The average molecular weight is 314 g/mol. The smallest absolute Gasteiger partial charge is 0.340 e. The molecule has 5 heteroatoms. The van der Waals surface area contributed by atoms with Crippen molar-refractivity contribution in [3.63, 3.8) is 0 Å². The van der Waals surface area contributed by atoms with Crippen molar-refractivity contribution in [2.75, 3.05) is 26.1 Å². The number of carboxylic acid groups (broad SMARTS) is 1. The maximum Gasteiger partial charge on any atom is 0.340 e. The van der Waals surface area contributed by atoms with Crippen LogP contribution in [0.2, 0.25) is 0 Å². The van der Waals surface area contributed by atoms with Gasteiger partial charge in [0.05, 0.1) is 7.11 Å². The molecule has 0 aliphatic rings. The Morgan fingerprint density at radius 1 is 1.22 bits per heavy atom. The molecule has 0 unspecified atom stereocenters. The van der Waals surface area contributed by atoms with Gasteiger partial charge in [0.15, 0.2) is 0 Å². The fourth-order valence-corrected chi connectivity index (χ4v) is 2.38.